The minimum Gasteiger partial charge on any atom is -0.384 e. The van der Waals surface area contributed by atoms with Gasteiger partial charge in [-0.05, 0) is 30.0 Å². The van der Waals surface area contributed by atoms with E-state index in [1.54, 1.807) is 0 Å². The first-order valence-corrected chi connectivity index (χ1v) is 6.70. The van der Waals surface area contributed by atoms with Crippen LogP contribution in [0.25, 0.3) is 0 Å². The number of hydrogen-bond acceptors (Lipinski definition) is 3. The number of thioether (sulfide) groups is 1. The number of halogens is 4. The highest BCUT2D eigenvalue weighted by molar-refractivity contribution is 8.00. The SMILES string of the molecule is O=C(NCCSC(F)(F)F)c1ccc(F)cc1C#CCO. The number of aliphatic hydroxyl groups is 1. The highest BCUT2D eigenvalue weighted by Gasteiger charge is 2.27. The number of alkyl halides is 3. The summed E-state index contributed by atoms with van der Waals surface area (Å²) in [6.45, 7) is -0.646. The van der Waals surface area contributed by atoms with Crippen molar-refractivity contribution >= 4 is 17.7 Å². The van der Waals surface area contributed by atoms with Crippen LogP contribution in [0.4, 0.5) is 17.6 Å². The van der Waals surface area contributed by atoms with E-state index in [1.165, 1.54) is 6.07 Å². The molecule has 0 saturated carbocycles. The first-order chi connectivity index (χ1) is 9.83. The van der Waals surface area contributed by atoms with Crippen LogP contribution in [0.15, 0.2) is 18.2 Å². The predicted molar refractivity (Wildman–Crippen MR) is 71.2 cm³/mol. The van der Waals surface area contributed by atoms with E-state index in [9.17, 15) is 22.4 Å². The fourth-order valence-electron chi connectivity index (χ4n) is 1.38. The molecule has 0 unspecified atom stereocenters. The monoisotopic (exact) mass is 321 g/mol. The van der Waals surface area contributed by atoms with Crippen LogP contribution in [-0.4, -0.2) is 35.4 Å². The largest absolute Gasteiger partial charge is 0.441 e. The van der Waals surface area contributed by atoms with Crippen LogP contribution in [0.5, 0.6) is 0 Å². The predicted octanol–water partition coefficient (Wildman–Crippen LogP) is 2.15. The van der Waals surface area contributed by atoms with Crippen LogP contribution < -0.4 is 5.32 Å². The topological polar surface area (TPSA) is 49.3 Å². The van der Waals surface area contributed by atoms with Crippen molar-refractivity contribution in [2.45, 2.75) is 5.51 Å². The van der Waals surface area contributed by atoms with Crippen molar-refractivity contribution in [2.75, 3.05) is 18.9 Å². The van der Waals surface area contributed by atoms with Crippen LogP contribution in [0.2, 0.25) is 0 Å². The van der Waals surface area contributed by atoms with Crippen LogP contribution in [0, 0.1) is 17.7 Å². The van der Waals surface area contributed by atoms with E-state index in [4.69, 9.17) is 5.11 Å². The number of hydrogen-bond donors (Lipinski definition) is 2. The van der Waals surface area contributed by atoms with E-state index in [2.05, 4.69) is 17.2 Å². The zero-order valence-electron chi connectivity index (χ0n) is 10.6. The van der Waals surface area contributed by atoms with Gasteiger partial charge in [-0.15, -0.1) is 0 Å². The van der Waals surface area contributed by atoms with Crippen molar-refractivity contribution in [3.8, 4) is 11.8 Å². The zero-order valence-corrected chi connectivity index (χ0v) is 11.4. The zero-order chi connectivity index (χ0) is 15.9. The number of aliphatic hydroxyl groups excluding tert-OH is 1. The van der Waals surface area contributed by atoms with Gasteiger partial charge in [0.15, 0.2) is 0 Å². The summed E-state index contributed by atoms with van der Waals surface area (Å²) < 4.78 is 48.8. The third-order valence-electron chi connectivity index (χ3n) is 2.18. The number of benzene rings is 1. The second-order valence-electron chi connectivity index (χ2n) is 3.70. The lowest BCUT2D eigenvalue weighted by Gasteiger charge is -2.08. The van der Waals surface area contributed by atoms with Crippen molar-refractivity contribution in [2.24, 2.45) is 0 Å². The van der Waals surface area contributed by atoms with E-state index in [-0.39, 0.29) is 35.2 Å². The Morgan fingerprint density at radius 1 is 1.38 bits per heavy atom. The smallest absolute Gasteiger partial charge is 0.384 e. The molecule has 0 heterocycles. The standard InChI is InChI=1S/C13H11F4NO2S/c14-10-3-4-11(9(8-10)2-1-6-19)12(20)18-5-7-21-13(15,16)17/h3-4,8,19H,5-7H2,(H,18,20). The van der Waals surface area contributed by atoms with Crippen molar-refractivity contribution in [3.63, 3.8) is 0 Å². The molecule has 1 amide bonds. The maximum atomic E-state index is 13.1. The summed E-state index contributed by atoms with van der Waals surface area (Å²) in [6.07, 6.45) is 0. The van der Waals surface area contributed by atoms with Crippen molar-refractivity contribution in [1.82, 2.24) is 5.32 Å². The highest BCUT2D eigenvalue weighted by atomic mass is 32.2. The van der Waals surface area contributed by atoms with Gasteiger partial charge >= 0.3 is 5.51 Å². The lowest BCUT2D eigenvalue weighted by atomic mass is 10.1. The van der Waals surface area contributed by atoms with Crippen LogP contribution >= 0.6 is 11.8 Å². The van der Waals surface area contributed by atoms with Gasteiger partial charge in [0.2, 0.25) is 0 Å². The lowest BCUT2D eigenvalue weighted by molar-refractivity contribution is -0.0327. The van der Waals surface area contributed by atoms with Gasteiger partial charge in [0, 0.05) is 17.9 Å². The second kappa shape index (κ2) is 7.90. The maximum absolute atomic E-state index is 13.1. The van der Waals surface area contributed by atoms with Crippen LogP contribution in [-0.2, 0) is 0 Å². The number of carbonyl (C=O) groups excluding carboxylic acids is 1. The molecule has 0 aliphatic carbocycles. The van der Waals surface area contributed by atoms with E-state index in [0.29, 0.717) is 0 Å². The van der Waals surface area contributed by atoms with E-state index >= 15 is 0 Å². The fraction of sp³-hybridized carbons (Fsp3) is 0.308. The molecule has 0 aromatic heterocycles. The quantitative estimate of drug-likeness (QED) is 0.507. The fourth-order valence-corrected chi connectivity index (χ4v) is 1.81. The summed E-state index contributed by atoms with van der Waals surface area (Å²) in [5.41, 5.74) is -4.25. The molecule has 2 N–H and O–H groups in total. The molecule has 3 nitrogen and oxygen atoms in total. The van der Waals surface area contributed by atoms with Crippen LogP contribution in [0.3, 0.4) is 0 Å². The van der Waals surface area contributed by atoms with Gasteiger partial charge in [0.05, 0.1) is 5.56 Å². The molecule has 0 radical (unpaired) electrons. The van der Waals surface area contributed by atoms with Gasteiger partial charge in [0.25, 0.3) is 5.91 Å². The molecule has 0 aliphatic rings. The van der Waals surface area contributed by atoms with Gasteiger partial charge in [-0.25, -0.2) is 4.39 Å². The molecule has 21 heavy (non-hydrogen) atoms. The minimum atomic E-state index is -4.35. The van der Waals surface area contributed by atoms with Gasteiger partial charge < -0.3 is 10.4 Å². The van der Waals surface area contributed by atoms with E-state index in [0.717, 1.165) is 12.1 Å². The Hall–Kier alpha value is -1.72. The molecule has 1 aromatic carbocycles. The van der Waals surface area contributed by atoms with Gasteiger partial charge in [-0.2, -0.15) is 13.2 Å². The summed E-state index contributed by atoms with van der Waals surface area (Å²) in [7, 11) is 0. The van der Waals surface area contributed by atoms with Gasteiger partial charge in [-0.1, -0.05) is 11.8 Å². The van der Waals surface area contributed by atoms with Gasteiger partial charge in [-0.3, -0.25) is 4.79 Å². The molecule has 1 rings (SSSR count). The first-order valence-electron chi connectivity index (χ1n) is 5.71. The molecular weight excluding hydrogens is 310 g/mol. The second-order valence-corrected chi connectivity index (χ2v) is 4.86. The molecule has 1 aromatic rings. The third kappa shape index (κ3) is 6.51. The molecule has 0 saturated heterocycles. The summed E-state index contributed by atoms with van der Waals surface area (Å²) in [5.74, 6) is 3.11. The van der Waals surface area contributed by atoms with Crippen molar-refractivity contribution in [3.05, 3.63) is 35.1 Å². The Balaban J connectivity index is 2.69. The molecule has 0 atom stereocenters. The van der Waals surface area contributed by atoms with Gasteiger partial charge in [0.1, 0.15) is 12.4 Å². The molecular formula is C13H11F4NO2S. The Kier molecular flexibility index (Phi) is 6.52. The number of nitrogens with one attached hydrogen (secondary N) is 1. The Morgan fingerprint density at radius 2 is 2.10 bits per heavy atom. The Bertz CT molecular complexity index is 564. The van der Waals surface area contributed by atoms with Crippen molar-refractivity contribution < 1.29 is 27.5 Å². The summed E-state index contributed by atoms with van der Waals surface area (Å²) in [4.78, 5) is 11.8. The van der Waals surface area contributed by atoms with E-state index in [1.807, 2.05) is 0 Å². The minimum absolute atomic E-state index is 0.0364. The average molecular weight is 321 g/mol. The average Bonchev–Trinajstić information content (AvgIpc) is 2.40. The maximum Gasteiger partial charge on any atom is 0.441 e. The van der Waals surface area contributed by atoms with Crippen LogP contribution in [0.1, 0.15) is 15.9 Å². The number of amides is 1. The molecule has 0 spiro atoms. The third-order valence-corrected chi connectivity index (χ3v) is 2.92. The highest BCUT2D eigenvalue weighted by Crippen LogP contribution is 2.29. The molecule has 0 bridgehead atoms. The summed E-state index contributed by atoms with van der Waals surface area (Å²) in [5, 5.41) is 10.9. The Morgan fingerprint density at radius 3 is 2.71 bits per heavy atom. The molecule has 0 fully saturated rings. The Labute approximate surface area is 122 Å². The number of carbonyl (C=O) groups is 1. The summed E-state index contributed by atoms with van der Waals surface area (Å²) >= 11 is -0.244. The lowest BCUT2D eigenvalue weighted by Crippen LogP contribution is -2.27. The summed E-state index contributed by atoms with van der Waals surface area (Å²) in [6, 6.07) is 3.24. The molecule has 8 heteroatoms. The number of rotatable bonds is 4. The molecule has 0 aliphatic heterocycles. The normalized spacial score (nSPS) is 10.7. The first kappa shape index (κ1) is 17.3. The van der Waals surface area contributed by atoms with Crippen molar-refractivity contribution in [1.29, 1.82) is 0 Å². The van der Waals surface area contributed by atoms with E-state index < -0.39 is 23.8 Å². The molecule has 114 valence electrons.